The van der Waals surface area contributed by atoms with Crippen molar-refractivity contribution in [2.75, 3.05) is 4.90 Å². The van der Waals surface area contributed by atoms with Gasteiger partial charge in [-0.25, -0.2) is 0 Å². The first-order chi connectivity index (χ1) is 29.1. The molecule has 1 aliphatic carbocycles. The molecule has 9 aromatic rings. The summed E-state index contributed by atoms with van der Waals surface area (Å²) in [4.78, 5) is 2.30. The monoisotopic (exact) mass is 759 g/mol. The van der Waals surface area contributed by atoms with Crippen LogP contribution in [0.5, 0.6) is 23.0 Å². The number of anilines is 3. The lowest BCUT2D eigenvalue weighted by Gasteiger charge is -2.38. The highest BCUT2D eigenvalue weighted by Crippen LogP contribution is 2.62. The average molecular weight is 760 g/mol. The number of fused-ring (bicyclic) bond motifs is 11. The van der Waals surface area contributed by atoms with Crippen molar-refractivity contribution in [1.29, 1.82) is 0 Å². The molecule has 0 fully saturated rings. The Kier molecular flexibility index (Phi) is 7.29. The van der Waals surface area contributed by atoms with Crippen molar-refractivity contribution in [2.45, 2.75) is 12.8 Å². The van der Waals surface area contributed by atoms with E-state index in [-0.39, 0.29) is 0 Å². The van der Waals surface area contributed by atoms with Crippen LogP contribution in [0.25, 0.3) is 66.1 Å². The summed E-state index contributed by atoms with van der Waals surface area (Å²) >= 11 is 0. The number of allylic oxidation sites excluding steroid dienone is 8. The van der Waals surface area contributed by atoms with E-state index in [1.807, 2.05) is 30.4 Å². The van der Waals surface area contributed by atoms with Crippen LogP contribution in [0.4, 0.5) is 17.1 Å². The maximum atomic E-state index is 7.00. The summed E-state index contributed by atoms with van der Waals surface area (Å²) in [6.07, 6.45) is 12.4. The molecule has 280 valence electrons. The van der Waals surface area contributed by atoms with Crippen molar-refractivity contribution in [2.24, 2.45) is 0 Å². The molecule has 2 aromatic heterocycles. The highest BCUT2D eigenvalue weighted by molar-refractivity contribution is 6.18. The second-order valence-electron chi connectivity index (χ2n) is 15.4. The molecule has 0 bridgehead atoms. The maximum absolute atomic E-state index is 7.00. The van der Waals surface area contributed by atoms with Gasteiger partial charge in [0.25, 0.3) is 0 Å². The molecule has 4 heterocycles. The Balaban J connectivity index is 1.08. The normalized spacial score (nSPS) is 14.1. The van der Waals surface area contributed by atoms with Crippen molar-refractivity contribution in [1.82, 2.24) is 9.13 Å². The zero-order chi connectivity index (χ0) is 39.2. The Hall–Kier alpha value is -7.76. The standard InChI is InChI=1S/C54H37N3O2/c1-3-4-15-34(2)35-16-14-19-39(30-35)56-43-21-9-8-20-40(43)41-31-36(26-28-44(41)56)37-27-29-45-42(32-37)52-48(55(45)38-17-6-5-7-18-38)33-51-53-54(52)59-50-25-13-11-23-47(50)57(53)46-22-10-12-24-49(46)58-51/h3-13,15,17-33H,1-2,14,16H2/b15-4-. The van der Waals surface area contributed by atoms with E-state index in [4.69, 9.17) is 9.47 Å². The molecule has 0 spiro atoms. The third-order valence-corrected chi connectivity index (χ3v) is 12.0. The van der Waals surface area contributed by atoms with Crippen LogP contribution in [-0.2, 0) is 0 Å². The molecule has 0 saturated carbocycles. The van der Waals surface area contributed by atoms with E-state index in [9.17, 15) is 0 Å². The first kappa shape index (κ1) is 33.4. The number of ether oxygens (including phenoxy) is 2. The molecular weight excluding hydrogens is 723 g/mol. The number of hydrogen-bond donors (Lipinski definition) is 0. The maximum Gasteiger partial charge on any atom is 0.165 e. The van der Waals surface area contributed by atoms with Crippen LogP contribution < -0.4 is 14.4 Å². The second-order valence-corrected chi connectivity index (χ2v) is 15.4. The largest absolute Gasteiger partial charge is 0.453 e. The minimum atomic E-state index is 0.760. The van der Waals surface area contributed by atoms with Gasteiger partial charge in [0.05, 0.1) is 38.8 Å². The lowest BCUT2D eigenvalue weighted by molar-refractivity contribution is 0.450. The van der Waals surface area contributed by atoms with E-state index < -0.39 is 0 Å². The van der Waals surface area contributed by atoms with Crippen LogP contribution >= 0.6 is 0 Å². The Labute approximate surface area is 341 Å². The number of aromatic nitrogens is 2. The number of benzene rings is 7. The first-order valence-corrected chi connectivity index (χ1v) is 20.1. The fraction of sp³-hybridized carbons (Fsp3) is 0.0370. The molecule has 3 aliphatic rings. The lowest BCUT2D eigenvalue weighted by Crippen LogP contribution is -2.20. The highest BCUT2D eigenvalue weighted by Gasteiger charge is 2.37. The first-order valence-electron chi connectivity index (χ1n) is 20.1. The Morgan fingerprint density at radius 2 is 1.25 bits per heavy atom. The zero-order valence-electron chi connectivity index (χ0n) is 32.2. The molecule has 2 aliphatic heterocycles. The number of nitrogens with zero attached hydrogens (tertiary/aromatic N) is 3. The predicted molar refractivity (Wildman–Crippen MR) is 244 cm³/mol. The molecule has 12 rings (SSSR count). The summed E-state index contributed by atoms with van der Waals surface area (Å²) in [6, 6.07) is 51.7. The van der Waals surface area contributed by atoms with Gasteiger partial charge in [-0.05, 0) is 108 Å². The van der Waals surface area contributed by atoms with Crippen molar-refractivity contribution in [3.63, 3.8) is 0 Å². The topological polar surface area (TPSA) is 31.6 Å². The van der Waals surface area contributed by atoms with E-state index in [2.05, 4.69) is 167 Å². The fourth-order valence-corrected chi connectivity index (χ4v) is 9.40. The Bertz CT molecular complexity index is 3360. The molecule has 0 saturated heterocycles. The van der Waals surface area contributed by atoms with E-state index in [1.165, 1.54) is 33.1 Å². The Morgan fingerprint density at radius 3 is 2.03 bits per heavy atom. The molecule has 0 atom stereocenters. The van der Waals surface area contributed by atoms with Gasteiger partial charge in [-0.2, -0.15) is 0 Å². The van der Waals surface area contributed by atoms with Crippen molar-refractivity contribution in [3.8, 4) is 39.8 Å². The van der Waals surface area contributed by atoms with Gasteiger partial charge >= 0.3 is 0 Å². The molecule has 5 nitrogen and oxygen atoms in total. The van der Waals surface area contributed by atoms with E-state index >= 15 is 0 Å². The molecule has 0 radical (unpaired) electrons. The van der Waals surface area contributed by atoms with E-state index in [0.29, 0.717) is 0 Å². The quantitative estimate of drug-likeness (QED) is 0.158. The SMILES string of the molecule is C=C/C=C\C(=C)C1=CC(n2c3ccccc3c3cc(-c4ccc5c(c4)c4c6c7c(cc4n5-c4ccccc4)Oc4ccccc4N7c4ccccc4O6)ccc32)=CCC1. The average Bonchev–Trinajstić information content (AvgIpc) is 3.80. The third-order valence-electron chi connectivity index (χ3n) is 12.0. The second kappa shape index (κ2) is 12.9. The van der Waals surface area contributed by atoms with Crippen LogP contribution in [0.2, 0.25) is 0 Å². The number of rotatable bonds is 6. The van der Waals surface area contributed by atoms with Gasteiger partial charge in [-0.1, -0.05) is 110 Å². The van der Waals surface area contributed by atoms with Crippen molar-refractivity contribution < 1.29 is 9.47 Å². The predicted octanol–water partition coefficient (Wildman–Crippen LogP) is 15.1. The van der Waals surface area contributed by atoms with Crippen molar-refractivity contribution in [3.05, 3.63) is 200 Å². The number of para-hydroxylation sites is 6. The third kappa shape index (κ3) is 4.98. The van der Waals surface area contributed by atoms with Gasteiger partial charge in [-0.15, -0.1) is 0 Å². The van der Waals surface area contributed by atoms with E-state index in [1.54, 1.807) is 6.08 Å². The zero-order valence-corrected chi connectivity index (χ0v) is 32.2. The fourth-order valence-electron chi connectivity index (χ4n) is 9.40. The molecule has 7 aromatic carbocycles. The lowest BCUT2D eigenvalue weighted by atomic mass is 9.96. The van der Waals surface area contributed by atoms with Crippen LogP contribution in [0, 0.1) is 0 Å². The summed E-state index contributed by atoms with van der Waals surface area (Å²) in [5, 5.41) is 4.59. The van der Waals surface area contributed by atoms with Gasteiger partial charge in [0.15, 0.2) is 23.0 Å². The molecule has 0 unspecified atom stereocenters. The molecule has 5 heteroatoms. The summed E-state index contributed by atoms with van der Waals surface area (Å²) in [5.41, 5.74) is 14.2. The van der Waals surface area contributed by atoms with Crippen molar-refractivity contribution >= 4 is 66.4 Å². The van der Waals surface area contributed by atoms with Gasteiger partial charge in [-0.3, -0.25) is 4.90 Å². The van der Waals surface area contributed by atoms with Crippen LogP contribution in [0.15, 0.2) is 200 Å². The smallest absolute Gasteiger partial charge is 0.165 e. The number of hydrogen-bond acceptors (Lipinski definition) is 3. The van der Waals surface area contributed by atoms with Gasteiger partial charge < -0.3 is 18.6 Å². The van der Waals surface area contributed by atoms with Crippen LogP contribution in [0.1, 0.15) is 12.8 Å². The van der Waals surface area contributed by atoms with E-state index in [0.717, 1.165) is 97.1 Å². The molecular formula is C54H37N3O2. The molecule has 0 N–H and O–H groups in total. The van der Waals surface area contributed by atoms with Gasteiger partial charge in [0.1, 0.15) is 5.69 Å². The minimum Gasteiger partial charge on any atom is -0.453 e. The highest BCUT2D eigenvalue weighted by atomic mass is 16.5. The summed E-state index contributed by atoms with van der Waals surface area (Å²) in [5.74, 6) is 3.17. The minimum absolute atomic E-state index is 0.760. The van der Waals surface area contributed by atoms with Gasteiger partial charge in [0.2, 0.25) is 0 Å². The Morgan fingerprint density at radius 1 is 0.593 bits per heavy atom. The van der Waals surface area contributed by atoms with Crippen LogP contribution in [-0.4, -0.2) is 9.13 Å². The van der Waals surface area contributed by atoms with Gasteiger partial charge in [0, 0.05) is 33.6 Å². The van der Waals surface area contributed by atoms with Crippen LogP contribution in [0.3, 0.4) is 0 Å². The molecule has 0 amide bonds. The molecule has 59 heavy (non-hydrogen) atoms. The summed E-state index contributed by atoms with van der Waals surface area (Å²) in [7, 11) is 0. The summed E-state index contributed by atoms with van der Waals surface area (Å²) in [6.45, 7) is 8.20. The summed E-state index contributed by atoms with van der Waals surface area (Å²) < 4.78 is 18.5.